The van der Waals surface area contributed by atoms with Crippen molar-refractivity contribution in [2.75, 3.05) is 11.5 Å². The number of nitrogens with two attached hydrogens (primary N) is 1. The molecule has 0 aliphatic rings. The van der Waals surface area contributed by atoms with Gasteiger partial charge in [-0.05, 0) is 30.2 Å². The lowest BCUT2D eigenvalue weighted by molar-refractivity contribution is -0.118. The molecule has 2 aromatic carbocycles. The molecule has 0 spiro atoms. The van der Waals surface area contributed by atoms with Gasteiger partial charge in [0.1, 0.15) is 5.75 Å². The minimum absolute atomic E-state index is 0.0829. The van der Waals surface area contributed by atoms with Crippen molar-refractivity contribution in [1.82, 2.24) is 5.32 Å². The molecule has 0 bridgehead atoms. The lowest BCUT2D eigenvalue weighted by Gasteiger charge is -2.08. The Kier molecular flexibility index (Phi) is 5.11. The van der Waals surface area contributed by atoms with Gasteiger partial charge in [0.15, 0.2) is 0 Å². The highest BCUT2D eigenvalue weighted by Crippen LogP contribution is 2.18. The number of nitrogen functional groups attached to an aromatic ring is 1. The van der Waals surface area contributed by atoms with Gasteiger partial charge in [-0.2, -0.15) is 0 Å². The number of benzene rings is 2. The Morgan fingerprint density at radius 1 is 1.19 bits per heavy atom. The molecule has 0 aliphatic carbocycles. The molecule has 0 saturated carbocycles. The van der Waals surface area contributed by atoms with Crippen molar-refractivity contribution in [3.63, 3.8) is 0 Å². The first-order valence-corrected chi connectivity index (χ1v) is 7.93. The number of hydrogen-bond donors (Lipinski definition) is 2. The molecule has 0 heterocycles. The van der Waals surface area contributed by atoms with Crippen LogP contribution in [0.3, 0.4) is 0 Å². The maximum absolute atomic E-state index is 12.2. The normalized spacial score (nSPS) is 11.9. The topological polar surface area (TPSA) is 72.2 Å². The second kappa shape index (κ2) is 7.04. The quantitative estimate of drug-likeness (QED) is 0.830. The van der Waals surface area contributed by atoms with Gasteiger partial charge >= 0.3 is 0 Å². The molecule has 2 rings (SSSR count). The number of anilines is 1. The van der Waals surface area contributed by atoms with E-state index in [1.807, 2.05) is 43.3 Å². The Morgan fingerprint density at radius 3 is 2.62 bits per heavy atom. The summed E-state index contributed by atoms with van der Waals surface area (Å²) in [5.41, 5.74) is 8.24. The van der Waals surface area contributed by atoms with Crippen LogP contribution in [0, 0.1) is 6.92 Å². The third-order valence-corrected chi connectivity index (χ3v) is 4.38. The minimum Gasteiger partial charge on any atom is -0.398 e. The molecule has 0 aromatic heterocycles. The number of carbonyl (C=O) groups is 1. The highest BCUT2D eigenvalue weighted by atomic mass is 32.2. The number of nitrogens with one attached hydrogen (secondary N) is 1. The van der Waals surface area contributed by atoms with E-state index in [0.29, 0.717) is 17.1 Å². The average molecular weight is 302 g/mol. The molecule has 0 radical (unpaired) electrons. The van der Waals surface area contributed by atoms with Crippen molar-refractivity contribution in [2.45, 2.75) is 18.4 Å². The minimum atomic E-state index is -1.43. The summed E-state index contributed by atoms with van der Waals surface area (Å²) in [4.78, 5) is 12.4. The number of rotatable bonds is 5. The van der Waals surface area contributed by atoms with Crippen LogP contribution in [0.1, 0.15) is 11.1 Å². The van der Waals surface area contributed by atoms with Gasteiger partial charge in [0.25, 0.3) is 0 Å². The molecule has 5 heteroatoms. The van der Waals surface area contributed by atoms with Crippen LogP contribution in [-0.4, -0.2) is 15.9 Å². The molecule has 0 saturated heterocycles. The monoisotopic (exact) mass is 302 g/mol. The molecule has 21 heavy (non-hydrogen) atoms. The van der Waals surface area contributed by atoms with E-state index in [0.717, 1.165) is 11.1 Å². The standard InChI is InChI=1S/C16H18N2O2S/c1-12-7-8-14(17)15(9-12)21(20)11-16(19)18-10-13-5-3-2-4-6-13/h2-9H,10-11,17H2,1H3,(H,18,19). The predicted octanol–water partition coefficient (Wildman–Crippen LogP) is 2.00. The van der Waals surface area contributed by atoms with Crippen LogP contribution in [-0.2, 0) is 22.1 Å². The lowest BCUT2D eigenvalue weighted by atomic mass is 10.2. The zero-order valence-corrected chi connectivity index (χ0v) is 12.7. The first kappa shape index (κ1) is 15.3. The second-order valence-electron chi connectivity index (χ2n) is 4.79. The third kappa shape index (κ3) is 4.43. The molecule has 1 amide bonds. The zero-order valence-electron chi connectivity index (χ0n) is 11.8. The SMILES string of the molecule is Cc1ccc(N)c(S(=O)CC(=O)NCc2ccccc2)c1. The summed E-state index contributed by atoms with van der Waals surface area (Å²) in [6.45, 7) is 2.33. The van der Waals surface area contributed by atoms with Crippen LogP contribution >= 0.6 is 0 Å². The highest BCUT2D eigenvalue weighted by Gasteiger charge is 2.13. The maximum Gasteiger partial charge on any atom is 0.233 e. The van der Waals surface area contributed by atoms with E-state index in [9.17, 15) is 9.00 Å². The fourth-order valence-electron chi connectivity index (χ4n) is 1.88. The summed E-state index contributed by atoms with van der Waals surface area (Å²) in [7, 11) is -1.43. The van der Waals surface area contributed by atoms with E-state index in [-0.39, 0.29) is 11.7 Å². The summed E-state index contributed by atoms with van der Waals surface area (Å²) in [5, 5.41) is 2.76. The van der Waals surface area contributed by atoms with Crippen molar-refractivity contribution < 1.29 is 9.00 Å². The summed E-state index contributed by atoms with van der Waals surface area (Å²) in [5.74, 6) is -0.335. The van der Waals surface area contributed by atoms with E-state index >= 15 is 0 Å². The number of hydrogen-bond acceptors (Lipinski definition) is 3. The first-order chi connectivity index (χ1) is 10.1. The number of amides is 1. The molecule has 1 atom stereocenters. The van der Waals surface area contributed by atoms with Crippen molar-refractivity contribution in [1.29, 1.82) is 0 Å². The molecule has 0 aliphatic heterocycles. The van der Waals surface area contributed by atoms with Crippen LogP contribution in [0.25, 0.3) is 0 Å². The van der Waals surface area contributed by atoms with E-state index < -0.39 is 10.8 Å². The van der Waals surface area contributed by atoms with Crippen LogP contribution in [0.2, 0.25) is 0 Å². The van der Waals surface area contributed by atoms with Gasteiger partial charge in [0.05, 0.1) is 15.7 Å². The van der Waals surface area contributed by atoms with Gasteiger partial charge in [-0.1, -0.05) is 36.4 Å². The van der Waals surface area contributed by atoms with Crippen LogP contribution in [0.15, 0.2) is 53.4 Å². The van der Waals surface area contributed by atoms with Crippen molar-refractivity contribution in [2.24, 2.45) is 0 Å². The summed E-state index contributed by atoms with van der Waals surface area (Å²) < 4.78 is 12.2. The first-order valence-electron chi connectivity index (χ1n) is 6.61. The Labute approximate surface area is 126 Å². The molecular formula is C16H18N2O2S. The molecular weight excluding hydrogens is 284 g/mol. The van der Waals surface area contributed by atoms with Crippen LogP contribution < -0.4 is 11.1 Å². The fraction of sp³-hybridized carbons (Fsp3) is 0.188. The summed E-state index contributed by atoms with van der Waals surface area (Å²) in [6.07, 6.45) is 0. The van der Waals surface area contributed by atoms with Crippen LogP contribution in [0.5, 0.6) is 0 Å². The molecule has 4 nitrogen and oxygen atoms in total. The fourth-order valence-corrected chi connectivity index (χ4v) is 3.03. The van der Waals surface area contributed by atoms with E-state index in [4.69, 9.17) is 5.73 Å². The third-order valence-electron chi connectivity index (χ3n) is 3.01. The molecule has 3 N–H and O–H groups in total. The molecule has 2 aromatic rings. The lowest BCUT2D eigenvalue weighted by Crippen LogP contribution is -2.28. The number of aryl methyl sites for hydroxylation is 1. The van der Waals surface area contributed by atoms with Gasteiger partial charge in [-0.3, -0.25) is 9.00 Å². The smallest absolute Gasteiger partial charge is 0.233 e. The van der Waals surface area contributed by atoms with Crippen molar-refractivity contribution in [3.8, 4) is 0 Å². The van der Waals surface area contributed by atoms with E-state index in [2.05, 4.69) is 5.32 Å². The van der Waals surface area contributed by atoms with Gasteiger partial charge in [0.2, 0.25) is 5.91 Å². The van der Waals surface area contributed by atoms with Gasteiger partial charge in [-0.15, -0.1) is 0 Å². The molecule has 0 fully saturated rings. The van der Waals surface area contributed by atoms with E-state index in [1.165, 1.54) is 0 Å². The largest absolute Gasteiger partial charge is 0.398 e. The molecule has 1 unspecified atom stereocenters. The van der Waals surface area contributed by atoms with Crippen molar-refractivity contribution >= 4 is 22.4 Å². The Balaban J connectivity index is 1.93. The Bertz CT molecular complexity index is 657. The Morgan fingerprint density at radius 2 is 1.90 bits per heavy atom. The number of carbonyl (C=O) groups excluding carboxylic acids is 1. The maximum atomic E-state index is 12.2. The zero-order chi connectivity index (χ0) is 15.2. The van der Waals surface area contributed by atoms with Crippen LogP contribution in [0.4, 0.5) is 5.69 Å². The molecule has 110 valence electrons. The summed E-state index contributed by atoms with van der Waals surface area (Å²) >= 11 is 0. The summed E-state index contributed by atoms with van der Waals surface area (Å²) in [6, 6.07) is 14.9. The Hall–Kier alpha value is -2.14. The van der Waals surface area contributed by atoms with Gasteiger partial charge in [-0.25, -0.2) is 0 Å². The predicted molar refractivity (Wildman–Crippen MR) is 85.2 cm³/mol. The highest BCUT2D eigenvalue weighted by molar-refractivity contribution is 7.86. The van der Waals surface area contributed by atoms with Gasteiger partial charge in [0, 0.05) is 12.2 Å². The van der Waals surface area contributed by atoms with Gasteiger partial charge < -0.3 is 11.1 Å². The average Bonchev–Trinajstić information content (AvgIpc) is 2.48. The van der Waals surface area contributed by atoms with E-state index in [1.54, 1.807) is 12.1 Å². The second-order valence-corrected chi connectivity index (χ2v) is 6.21. The van der Waals surface area contributed by atoms with Crippen molar-refractivity contribution in [3.05, 3.63) is 59.7 Å².